The Labute approximate surface area is 107 Å². The van der Waals surface area contributed by atoms with Crippen molar-refractivity contribution in [3.8, 4) is 5.75 Å². The van der Waals surface area contributed by atoms with Crippen LogP contribution in [0, 0.1) is 6.92 Å². The molecule has 0 spiro atoms. The van der Waals surface area contributed by atoms with Crippen molar-refractivity contribution in [2.75, 3.05) is 6.61 Å². The molecule has 0 amide bonds. The largest absolute Gasteiger partial charge is 0.492 e. The quantitative estimate of drug-likeness (QED) is 0.748. The molecule has 0 atom stereocenters. The maximum absolute atomic E-state index is 10.8. The highest BCUT2D eigenvalue weighted by atomic mass is 16.5. The number of ether oxygens (including phenoxy) is 1. The summed E-state index contributed by atoms with van der Waals surface area (Å²) in [5, 5.41) is 0. The molecule has 0 fully saturated rings. The number of para-hydroxylation sites is 1. The van der Waals surface area contributed by atoms with Gasteiger partial charge in [-0.25, -0.2) is 0 Å². The third-order valence-corrected chi connectivity index (χ3v) is 2.81. The van der Waals surface area contributed by atoms with Crippen LogP contribution in [0.15, 0.2) is 48.5 Å². The molecule has 0 aromatic heterocycles. The second kappa shape index (κ2) is 6.01. The molecule has 0 heterocycles. The van der Waals surface area contributed by atoms with E-state index < -0.39 is 0 Å². The van der Waals surface area contributed by atoms with Crippen molar-refractivity contribution < 1.29 is 9.53 Å². The average Bonchev–Trinajstić information content (AvgIpc) is 2.41. The summed E-state index contributed by atoms with van der Waals surface area (Å²) in [5.41, 5.74) is 3.09. The van der Waals surface area contributed by atoms with Gasteiger partial charge in [0.2, 0.25) is 0 Å². The van der Waals surface area contributed by atoms with Gasteiger partial charge in [0.15, 0.2) is 6.29 Å². The molecule has 2 rings (SSSR count). The van der Waals surface area contributed by atoms with Gasteiger partial charge in [-0.2, -0.15) is 0 Å². The number of aldehydes is 1. The lowest BCUT2D eigenvalue weighted by Crippen LogP contribution is -2.03. The molecule has 2 aromatic carbocycles. The summed E-state index contributed by atoms with van der Waals surface area (Å²) in [6.07, 6.45) is 1.66. The van der Waals surface area contributed by atoms with Crippen LogP contribution in [0.2, 0.25) is 0 Å². The number of carbonyl (C=O) groups is 1. The van der Waals surface area contributed by atoms with Gasteiger partial charge in [-0.15, -0.1) is 0 Å². The Kier molecular flexibility index (Phi) is 4.13. The number of aryl methyl sites for hydroxylation is 1. The van der Waals surface area contributed by atoms with Crippen LogP contribution in [0.25, 0.3) is 0 Å². The van der Waals surface area contributed by atoms with Crippen molar-refractivity contribution in [3.05, 3.63) is 65.2 Å². The molecule has 92 valence electrons. The van der Waals surface area contributed by atoms with Crippen molar-refractivity contribution in [3.63, 3.8) is 0 Å². The Balaban J connectivity index is 1.92. The van der Waals surface area contributed by atoms with Crippen LogP contribution in [-0.2, 0) is 6.42 Å². The Morgan fingerprint density at radius 1 is 1.06 bits per heavy atom. The maximum atomic E-state index is 10.8. The lowest BCUT2D eigenvalue weighted by atomic mass is 10.1. The molecule has 0 saturated heterocycles. The summed E-state index contributed by atoms with van der Waals surface area (Å²) >= 11 is 0. The highest BCUT2D eigenvalue weighted by Crippen LogP contribution is 2.16. The van der Waals surface area contributed by atoms with Crippen LogP contribution in [0.3, 0.4) is 0 Å². The fraction of sp³-hybridized carbons (Fsp3) is 0.188. The van der Waals surface area contributed by atoms with E-state index in [-0.39, 0.29) is 0 Å². The first kappa shape index (κ1) is 12.4. The molecule has 0 radical (unpaired) electrons. The van der Waals surface area contributed by atoms with E-state index in [2.05, 4.69) is 31.2 Å². The van der Waals surface area contributed by atoms with E-state index in [4.69, 9.17) is 4.74 Å². The zero-order valence-corrected chi connectivity index (χ0v) is 10.4. The van der Waals surface area contributed by atoms with Gasteiger partial charge in [0, 0.05) is 6.42 Å². The zero-order chi connectivity index (χ0) is 12.8. The van der Waals surface area contributed by atoms with Crippen molar-refractivity contribution in [1.82, 2.24) is 0 Å². The molecule has 0 aliphatic rings. The van der Waals surface area contributed by atoms with Gasteiger partial charge in [0.1, 0.15) is 5.75 Å². The molecule has 0 unspecified atom stereocenters. The van der Waals surface area contributed by atoms with E-state index in [1.807, 2.05) is 18.2 Å². The summed E-state index contributed by atoms with van der Waals surface area (Å²) in [4.78, 5) is 10.8. The van der Waals surface area contributed by atoms with E-state index in [9.17, 15) is 4.79 Å². The molecule has 0 aliphatic carbocycles. The SMILES string of the molecule is Cc1ccc(CCOc2ccccc2C=O)cc1. The first-order chi connectivity index (χ1) is 8.79. The first-order valence-electron chi connectivity index (χ1n) is 6.02. The predicted octanol–water partition coefficient (Wildman–Crippen LogP) is 3.43. The van der Waals surface area contributed by atoms with Crippen LogP contribution in [-0.4, -0.2) is 12.9 Å². The highest BCUT2D eigenvalue weighted by Gasteiger charge is 2.01. The Bertz CT molecular complexity index is 515. The molecule has 2 aromatic rings. The van der Waals surface area contributed by atoms with Crippen LogP contribution >= 0.6 is 0 Å². The van der Waals surface area contributed by atoms with Crippen molar-refractivity contribution in [2.45, 2.75) is 13.3 Å². The van der Waals surface area contributed by atoms with Crippen molar-refractivity contribution >= 4 is 6.29 Å². The second-order valence-corrected chi connectivity index (χ2v) is 4.24. The standard InChI is InChI=1S/C16H16O2/c1-13-6-8-14(9-7-13)10-11-18-16-5-3-2-4-15(16)12-17/h2-9,12H,10-11H2,1H3. The lowest BCUT2D eigenvalue weighted by molar-refractivity contribution is 0.111. The smallest absolute Gasteiger partial charge is 0.153 e. The Morgan fingerprint density at radius 2 is 1.78 bits per heavy atom. The van der Waals surface area contributed by atoms with E-state index in [0.29, 0.717) is 17.9 Å². The lowest BCUT2D eigenvalue weighted by Gasteiger charge is -2.08. The predicted molar refractivity (Wildman–Crippen MR) is 72.2 cm³/mol. The average molecular weight is 240 g/mol. The van der Waals surface area contributed by atoms with E-state index in [0.717, 1.165) is 12.7 Å². The molecule has 2 nitrogen and oxygen atoms in total. The summed E-state index contributed by atoms with van der Waals surface area (Å²) in [7, 11) is 0. The molecule has 2 heteroatoms. The minimum absolute atomic E-state index is 0.577. The Morgan fingerprint density at radius 3 is 2.50 bits per heavy atom. The highest BCUT2D eigenvalue weighted by molar-refractivity contribution is 5.79. The molecule has 0 aliphatic heterocycles. The molecular weight excluding hydrogens is 224 g/mol. The zero-order valence-electron chi connectivity index (χ0n) is 10.4. The van der Waals surface area contributed by atoms with Gasteiger partial charge in [-0.05, 0) is 24.6 Å². The molecule has 18 heavy (non-hydrogen) atoms. The number of benzene rings is 2. The molecular formula is C16H16O2. The van der Waals surface area contributed by atoms with Crippen LogP contribution in [0.4, 0.5) is 0 Å². The third-order valence-electron chi connectivity index (χ3n) is 2.81. The fourth-order valence-electron chi connectivity index (χ4n) is 1.74. The van der Waals surface area contributed by atoms with Gasteiger partial charge >= 0.3 is 0 Å². The summed E-state index contributed by atoms with van der Waals surface area (Å²) in [6, 6.07) is 15.7. The summed E-state index contributed by atoms with van der Waals surface area (Å²) in [6.45, 7) is 2.65. The molecule has 0 N–H and O–H groups in total. The normalized spacial score (nSPS) is 10.1. The van der Waals surface area contributed by atoms with Gasteiger partial charge in [-0.1, -0.05) is 42.0 Å². The topological polar surface area (TPSA) is 26.3 Å². The van der Waals surface area contributed by atoms with E-state index in [1.54, 1.807) is 6.07 Å². The number of hydrogen-bond acceptors (Lipinski definition) is 2. The van der Waals surface area contributed by atoms with E-state index >= 15 is 0 Å². The molecule has 0 bridgehead atoms. The first-order valence-corrected chi connectivity index (χ1v) is 6.02. The fourth-order valence-corrected chi connectivity index (χ4v) is 1.74. The monoisotopic (exact) mass is 240 g/mol. The number of rotatable bonds is 5. The number of hydrogen-bond donors (Lipinski definition) is 0. The Hall–Kier alpha value is -2.09. The van der Waals surface area contributed by atoms with Gasteiger partial charge in [0.05, 0.1) is 12.2 Å². The van der Waals surface area contributed by atoms with Crippen molar-refractivity contribution in [2.24, 2.45) is 0 Å². The summed E-state index contributed by atoms with van der Waals surface area (Å²) < 4.78 is 5.63. The van der Waals surface area contributed by atoms with Gasteiger partial charge in [0.25, 0.3) is 0 Å². The third kappa shape index (κ3) is 3.20. The molecule has 0 saturated carbocycles. The van der Waals surface area contributed by atoms with Crippen LogP contribution < -0.4 is 4.74 Å². The minimum atomic E-state index is 0.577. The summed E-state index contributed by atoms with van der Waals surface area (Å²) in [5.74, 6) is 0.652. The minimum Gasteiger partial charge on any atom is -0.492 e. The van der Waals surface area contributed by atoms with E-state index in [1.165, 1.54) is 11.1 Å². The van der Waals surface area contributed by atoms with Gasteiger partial charge < -0.3 is 4.74 Å². The maximum Gasteiger partial charge on any atom is 0.153 e. The van der Waals surface area contributed by atoms with Crippen molar-refractivity contribution in [1.29, 1.82) is 0 Å². The van der Waals surface area contributed by atoms with Crippen LogP contribution in [0.5, 0.6) is 5.75 Å². The number of carbonyl (C=O) groups excluding carboxylic acids is 1. The van der Waals surface area contributed by atoms with Crippen LogP contribution in [0.1, 0.15) is 21.5 Å². The second-order valence-electron chi connectivity index (χ2n) is 4.24. The van der Waals surface area contributed by atoms with Gasteiger partial charge in [-0.3, -0.25) is 4.79 Å².